The number of halogens is 2. The summed E-state index contributed by atoms with van der Waals surface area (Å²) in [6.45, 7) is 4.38. The maximum atomic E-state index is 13.1. The molecule has 3 rings (SSSR count). The smallest absolute Gasteiger partial charge is 0.227 e. The molecule has 22 heavy (non-hydrogen) atoms. The van der Waals surface area contributed by atoms with Crippen LogP contribution in [0.3, 0.4) is 0 Å². The minimum absolute atomic E-state index is 0.116. The third kappa shape index (κ3) is 2.97. The van der Waals surface area contributed by atoms with Crippen molar-refractivity contribution in [2.24, 2.45) is 0 Å². The molecule has 0 bridgehead atoms. The van der Waals surface area contributed by atoms with Gasteiger partial charge in [-0.05, 0) is 36.2 Å². The largest absolute Gasteiger partial charge is 0.350 e. The highest BCUT2D eigenvalue weighted by molar-refractivity contribution is 6.22. The van der Waals surface area contributed by atoms with Crippen LogP contribution in [-0.2, 0) is 14.5 Å². The van der Waals surface area contributed by atoms with Gasteiger partial charge in [0.05, 0.1) is 5.69 Å². The SMILES string of the molecule is CC(C)c1cc(-c2ccc(F)cc2)nc(C2(Cl)COCO2)n1. The van der Waals surface area contributed by atoms with E-state index >= 15 is 0 Å². The van der Waals surface area contributed by atoms with Crippen LogP contribution in [0.1, 0.15) is 31.3 Å². The summed E-state index contributed by atoms with van der Waals surface area (Å²) in [6, 6.07) is 8.05. The minimum Gasteiger partial charge on any atom is -0.350 e. The van der Waals surface area contributed by atoms with Crippen LogP contribution in [0, 0.1) is 5.82 Å². The van der Waals surface area contributed by atoms with Crippen molar-refractivity contribution < 1.29 is 13.9 Å². The van der Waals surface area contributed by atoms with Gasteiger partial charge < -0.3 is 9.47 Å². The zero-order valence-corrected chi connectivity index (χ0v) is 13.1. The number of nitrogens with zero attached hydrogens (tertiary/aromatic N) is 2. The van der Waals surface area contributed by atoms with Crippen molar-refractivity contribution in [2.45, 2.75) is 24.8 Å². The highest BCUT2D eigenvalue weighted by atomic mass is 35.5. The number of hydrogen-bond acceptors (Lipinski definition) is 4. The fourth-order valence-corrected chi connectivity index (χ4v) is 2.38. The molecular weight excluding hydrogens is 307 g/mol. The minimum atomic E-state index is -1.17. The van der Waals surface area contributed by atoms with Crippen LogP contribution < -0.4 is 0 Å². The van der Waals surface area contributed by atoms with E-state index in [9.17, 15) is 4.39 Å². The standard InChI is InChI=1S/C16H16ClFN2O2/c1-10(2)13-7-14(11-3-5-12(18)6-4-11)20-15(19-13)16(17)8-21-9-22-16/h3-7,10H,8-9H2,1-2H3. The molecule has 1 aliphatic rings. The van der Waals surface area contributed by atoms with E-state index in [4.69, 9.17) is 21.1 Å². The van der Waals surface area contributed by atoms with Crippen LogP contribution in [0.15, 0.2) is 30.3 Å². The van der Waals surface area contributed by atoms with E-state index in [1.54, 1.807) is 12.1 Å². The quantitative estimate of drug-likeness (QED) is 0.806. The van der Waals surface area contributed by atoms with Crippen LogP contribution in [-0.4, -0.2) is 23.4 Å². The summed E-state index contributed by atoms with van der Waals surface area (Å²) in [6.07, 6.45) is 0. The summed E-state index contributed by atoms with van der Waals surface area (Å²) >= 11 is 6.43. The van der Waals surface area contributed by atoms with E-state index in [1.807, 2.05) is 19.9 Å². The third-order valence-corrected chi connectivity index (χ3v) is 3.86. The first kappa shape index (κ1) is 15.3. The predicted octanol–water partition coefficient (Wildman–Crippen LogP) is 3.80. The second-order valence-corrected chi connectivity index (χ2v) is 6.11. The van der Waals surface area contributed by atoms with E-state index in [-0.39, 0.29) is 25.1 Å². The monoisotopic (exact) mass is 322 g/mol. The Morgan fingerprint density at radius 2 is 1.95 bits per heavy atom. The molecule has 0 saturated carbocycles. The Morgan fingerprint density at radius 1 is 1.23 bits per heavy atom. The summed E-state index contributed by atoms with van der Waals surface area (Å²) in [5, 5.41) is -1.17. The van der Waals surface area contributed by atoms with E-state index in [0.717, 1.165) is 11.3 Å². The highest BCUT2D eigenvalue weighted by Crippen LogP contribution is 2.34. The van der Waals surface area contributed by atoms with Gasteiger partial charge in [-0.15, -0.1) is 0 Å². The van der Waals surface area contributed by atoms with Crippen molar-refractivity contribution in [3.8, 4) is 11.3 Å². The summed E-state index contributed by atoms with van der Waals surface area (Å²) < 4.78 is 23.7. The van der Waals surface area contributed by atoms with Crippen molar-refractivity contribution in [3.63, 3.8) is 0 Å². The Balaban J connectivity index is 2.09. The molecule has 0 aliphatic carbocycles. The molecular formula is C16H16ClFN2O2. The molecule has 2 aromatic rings. The van der Waals surface area contributed by atoms with Gasteiger partial charge in [0.15, 0.2) is 5.82 Å². The second kappa shape index (κ2) is 5.91. The fourth-order valence-electron chi connectivity index (χ4n) is 2.18. The molecule has 4 nitrogen and oxygen atoms in total. The van der Waals surface area contributed by atoms with E-state index in [0.29, 0.717) is 11.5 Å². The van der Waals surface area contributed by atoms with Gasteiger partial charge in [-0.2, -0.15) is 0 Å². The van der Waals surface area contributed by atoms with Crippen LogP contribution >= 0.6 is 11.6 Å². The summed E-state index contributed by atoms with van der Waals surface area (Å²) in [4.78, 5) is 9.01. The summed E-state index contributed by atoms with van der Waals surface area (Å²) in [7, 11) is 0. The first-order valence-corrected chi connectivity index (χ1v) is 7.42. The van der Waals surface area contributed by atoms with Gasteiger partial charge in [0.2, 0.25) is 5.06 Å². The first-order valence-electron chi connectivity index (χ1n) is 7.04. The third-order valence-electron chi connectivity index (χ3n) is 3.47. The molecule has 1 fully saturated rings. The number of benzene rings is 1. The Morgan fingerprint density at radius 3 is 2.55 bits per heavy atom. The second-order valence-electron chi connectivity index (χ2n) is 5.50. The lowest BCUT2D eigenvalue weighted by atomic mass is 10.1. The Bertz CT molecular complexity index is 670. The molecule has 1 atom stereocenters. The van der Waals surface area contributed by atoms with E-state index in [1.165, 1.54) is 12.1 Å². The molecule has 0 N–H and O–H groups in total. The van der Waals surface area contributed by atoms with Crippen LogP contribution in [0.2, 0.25) is 0 Å². The van der Waals surface area contributed by atoms with Crippen molar-refractivity contribution in [1.29, 1.82) is 0 Å². The number of aromatic nitrogens is 2. The van der Waals surface area contributed by atoms with Crippen molar-refractivity contribution in [2.75, 3.05) is 13.4 Å². The van der Waals surface area contributed by atoms with Crippen LogP contribution in [0.25, 0.3) is 11.3 Å². The Labute approximate surface area is 133 Å². The van der Waals surface area contributed by atoms with Crippen molar-refractivity contribution in [1.82, 2.24) is 9.97 Å². The topological polar surface area (TPSA) is 44.2 Å². The molecule has 0 spiro atoms. The zero-order valence-electron chi connectivity index (χ0n) is 12.3. The van der Waals surface area contributed by atoms with E-state index in [2.05, 4.69) is 9.97 Å². The Hall–Kier alpha value is -1.56. The fraction of sp³-hybridized carbons (Fsp3) is 0.375. The normalized spacial score (nSPS) is 21.5. The van der Waals surface area contributed by atoms with Crippen molar-refractivity contribution in [3.05, 3.63) is 47.7 Å². The molecule has 1 unspecified atom stereocenters. The van der Waals surface area contributed by atoms with Gasteiger partial charge in [-0.1, -0.05) is 25.4 Å². The van der Waals surface area contributed by atoms with E-state index < -0.39 is 5.06 Å². The van der Waals surface area contributed by atoms with Gasteiger partial charge in [-0.3, -0.25) is 0 Å². The lowest BCUT2D eigenvalue weighted by molar-refractivity contribution is 0.0276. The molecule has 0 amide bonds. The molecule has 1 aromatic heterocycles. The average molecular weight is 323 g/mol. The molecule has 116 valence electrons. The van der Waals surface area contributed by atoms with Gasteiger partial charge in [-0.25, -0.2) is 14.4 Å². The maximum absolute atomic E-state index is 13.1. The summed E-state index contributed by atoms with van der Waals surface area (Å²) in [5.74, 6) is 0.282. The number of ether oxygens (including phenoxy) is 2. The molecule has 6 heteroatoms. The van der Waals surface area contributed by atoms with Crippen molar-refractivity contribution >= 4 is 11.6 Å². The lowest BCUT2D eigenvalue weighted by Crippen LogP contribution is -2.25. The predicted molar refractivity (Wildman–Crippen MR) is 81.0 cm³/mol. The van der Waals surface area contributed by atoms with Gasteiger partial charge in [0.25, 0.3) is 0 Å². The van der Waals surface area contributed by atoms with Gasteiger partial charge >= 0.3 is 0 Å². The maximum Gasteiger partial charge on any atom is 0.227 e. The molecule has 1 saturated heterocycles. The molecule has 1 aromatic carbocycles. The van der Waals surface area contributed by atoms with Crippen LogP contribution in [0.4, 0.5) is 4.39 Å². The lowest BCUT2D eigenvalue weighted by Gasteiger charge is -2.19. The van der Waals surface area contributed by atoms with Crippen LogP contribution in [0.5, 0.6) is 0 Å². The zero-order chi connectivity index (χ0) is 15.7. The average Bonchev–Trinajstić information content (AvgIpc) is 2.95. The number of alkyl halides is 1. The Kier molecular flexibility index (Phi) is 4.12. The first-order chi connectivity index (χ1) is 10.5. The summed E-state index contributed by atoms with van der Waals surface area (Å²) in [5.41, 5.74) is 2.33. The van der Waals surface area contributed by atoms with Gasteiger partial charge in [0, 0.05) is 11.3 Å². The number of hydrogen-bond donors (Lipinski definition) is 0. The highest BCUT2D eigenvalue weighted by Gasteiger charge is 2.39. The number of rotatable bonds is 3. The molecule has 0 radical (unpaired) electrons. The molecule has 1 aliphatic heterocycles. The van der Waals surface area contributed by atoms with Gasteiger partial charge in [0.1, 0.15) is 19.2 Å². The molecule has 2 heterocycles.